The minimum absolute atomic E-state index is 0.00751. The first-order valence-electron chi connectivity index (χ1n) is 18.3. The van der Waals surface area contributed by atoms with Crippen molar-refractivity contribution >= 4 is 40.2 Å². The monoisotopic (exact) mass is 720 g/mol. The molecule has 0 spiro atoms. The largest absolute Gasteiger partial charge is 0.453 e. The molecule has 0 bridgehead atoms. The topological polar surface area (TPSA) is 153 Å². The number of fused-ring (bicyclic) bond motifs is 1. The van der Waals surface area contributed by atoms with Crippen LogP contribution in [0.5, 0.6) is 0 Å². The Hall–Kier alpha value is -5.49. The molecule has 53 heavy (non-hydrogen) atoms. The Morgan fingerprint density at radius 3 is 2.43 bits per heavy atom. The zero-order valence-electron chi connectivity index (χ0n) is 31.4. The quantitative estimate of drug-likeness (QED) is 0.0617. The van der Waals surface area contributed by atoms with Crippen molar-refractivity contribution in [2.24, 2.45) is 10.9 Å². The van der Waals surface area contributed by atoms with E-state index < -0.39 is 12.1 Å². The molecule has 5 rings (SSSR count). The van der Waals surface area contributed by atoms with Gasteiger partial charge in [0, 0.05) is 37.8 Å². The van der Waals surface area contributed by atoms with E-state index in [1.807, 2.05) is 32.2 Å². The first-order valence-corrected chi connectivity index (χ1v) is 18.3. The smallest absolute Gasteiger partial charge is 0.407 e. The molecule has 1 saturated heterocycles. The van der Waals surface area contributed by atoms with E-state index >= 15 is 0 Å². The van der Waals surface area contributed by atoms with E-state index in [1.54, 1.807) is 19.0 Å². The number of nitrogens with zero attached hydrogens (tertiary/aromatic N) is 3. The number of amides is 3. The second-order valence-electron chi connectivity index (χ2n) is 13.6. The average molecular weight is 721 g/mol. The number of carbonyl (C=O) groups excluding carboxylic acids is 3. The Labute approximate surface area is 311 Å². The number of benzene rings is 3. The van der Waals surface area contributed by atoms with Crippen LogP contribution in [0.25, 0.3) is 38.9 Å². The molecule has 0 saturated carbocycles. The van der Waals surface area contributed by atoms with E-state index in [2.05, 4.69) is 91.3 Å². The molecule has 2 unspecified atom stereocenters. The molecule has 1 aliphatic heterocycles. The lowest BCUT2D eigenvalue weighted by Crippen LogP contribution is -2.55. The van der Waals surface area contributed by atoms with Gasteiger partial charge < -0.3 is 35.9 Å². The maximum Gasteiger partial charge on any atom is 0.407 e. The molecule has 0 radical (unpaired) electrons. The Bertz CT molecular complexity index is 1930. The molecule has 1 fully saturated rings. The number of ether oxygens (including phenoxy) is 1. The third kappa shape index (κ3) is 9.50. The van der Waals surface area contributed by atoms with Crippen molar-refractivity contribution < 1.29 is 19.1 Å². The van der Waals surface area contributed by atoms with Crippen LogP contribution in [0.3, 0.4) is 0 Å². The highest BCUT2D eigenvalue weighted by Crippen LogP contribution is 2.35. The van der Waals surface area contributed by atoms with Crippen LogP contribution in [0.2, 0.25) is 0 Å². The first-order chi connectivity index (χ1) is 25.6. The lowest BCUT2D eigenvalue weighted by Gasteiger charge is -2.31. The summed E-state index contributed by atoms with van der Waals surface area (Å²) in [5.41, 5.74) is 5.83. The summed E-state index contributed by atoms with van der Waals surface area (Å²) in [5.74, 6) is 1.32. The van der Waals surface area contributed by atoms with Crippen molar-refractivity contribution in [2.75, 3.05) is 40.8 Å². The zero-order chi connectivity index (χ0) is 37.9. The van der Waals surface area contributed by atoms with Crippen LogP contribution in [-0.4, -0.2) is 91.5 Å². The normalized spacial score (nSPS) is 15.0. The molecule has 2 heterocycles. The molecule has 0 aliphatic carbocycles. The summed E-state index contributed by atoms with van der Waals surface area (Å²) in [5, 5.41) is 14.1. The molecule has 3 aromatic carbocycles. The third-order valence-electron chi connectivity index (χ3n) is 9.65. The van der Waals surface area contributed by atoms with Gasteiger partial charge in [0.2, 0.25) is 11.8 Å². The highest BCUT2D eigenvalue weighted by Gasteiger charge is 2.38. The summed E-state index contributed by atoms with van der Waals surface area (Å²) in [7, 11) is 4.76. The van der Waals surface area contributed by atoms with E-state index in [-0.39, 0.29) is 23.8 Å². The van der Waals surface area contributed by atoms with Gasteiger partial charge in [0.1, 0.15) is 17.7 Å². The van der Waals surface area contributed by atoms with Gasteiger partial charge in [-0.3, -0.25) is 14.6 Å². The molecule has 3 amide bonds. The number of imidazole rings is 1. The molecule has 280 valence electrons. The van der Waals surface area contributed by atoms with E-state index in [0.29, 0.717) is 31.2 Å². The number of methoxy groups -OCH3 is 1. The predicted molar refractivity (Wildman–Crippen MR) is 211 cm³/mol. The van der Waals surface area contributed by atoms with Gasteiger partial charge in [-0.1, -0.05) is 81.1 Å². The molecule has 12 nitrogen and oxygen atoms in total. The number of H-pyrrole nitrogens is 1. The van der Waals surface area contributed by atoms with E-state index in [0.717, 1.165) is 76.6 Å². The van der Waals surface area contributed by atoms with Crippen molar-refractivity contribution in [3.05, 3.63) is 84.8 Å². The van der Waals surface area contributed by atoms with Crippen LogP contribution in [0.15, 0.2) is 78.4 Å². The summed E-state index contributed by atoms with van der Waals surface area (Å²) < 4.78 is 4.77. The zero-order valence-corrected chi connectivity index (χ0v) is 31.4. The number of nitrogens with one attached hydrogen (secondary N) is 5. The summed E-state index contributed by atoms with van der Waals surface area (Å²) in [4.78, 5) is 51.7. The van der Waals surface area contributed by atoms with Crippen LogP contribution in [-0.2, 0) is 20.7 Å². The van der Waals surface area contributed by atoms with Gasteiger partial charge in [0.25, 0.3) is 0 Å². The van der Waals surface area contributed by atoms with Gasteiger partial charge in [-0.25, -0.2) is 9.78 Å². The minimum Gasteiger partial charge on any atom is -0.453 e. The standard InChI is InChI=1S/C41H52N8O4/c1-26(2)38(48-41(52)53-6)40(51)49-23-11-16-35(49)39(43-5)46-27(3)28-18-20-29(21-19-28)30-12-9-14-32-31(30)13-10-15-33(32)34-24-45-36(47-34)17-7-8-22-44-37(50)25-42-4/h9-10,12-15,18-21,24,26,35,38,42H,3,7-8,11,16-17,22-23,25H2,1-2,4-6H3,(H,43,46)(H,44,50)(H,45,47)(H,48,52). The first kappa shape index (κ1) is 38.7. The number of carbonyl (C=O) groups is 3. The lowest BCUT2D eigenvalue weighted by molar-refractivity contribution is -0.134. The highest BCUT2D eigenvalue weighted by atomic mass is 16.5. The summed E-state index contributed by atoms with van der Waals surface area (Å²) >= 11 is 0. The maximum atomic E-state index is 13.6. The molecule has 12 heteroatoms. The molecule has 2 atom stereocenters. The molecule has 4 aromatic rings. The SMILES string of the molecule is C=C(NC(=NC)C1CCCN1C(=O)C(NC(=O)OC)C(C)C)c1ccc(-c2cccc3c(-c4cnc(CCCCNC(=O)CNC)[nH]4)cccc23)cc1. The number of aromatic nitrogens is 2. The molecule has 1 aromatic heterocycles. The fraction of sp³-hybridized carbons (Fsp3) is 0.390. The van der Waals surface area contributed by atoms with Crippen LogP contribution in [0, 0.1) is 5.92 Å². The van der Waals surface area contributed by atoms with Gasteiger partial charge in [0.15, 0.2) is 0 Å². The number of amidine groups is 1. The Morgan fingerprint density at radius 1 is 1.04 bits per heavy atom. The van der Waals surface area contributed by atoms with Crippen molar-refractivity contribution in [3.63, 3.8) is 0 Å². The van der Waals surface area contributed by atoms with Crippen LogP contribution in [0.4, 0.5) is 4.79 Å². The average Bonchev–Trinajstić information content (AvgIpc) is 3.85. The highest BCUT2D eigenvalue weighted by molar-refractivity contribution is 6.04. The number of rotatable bonds is 15. The Morgan fingerprint density at radius 2 is 1.75 bits per heavy atom. The maximum absolute atomic E-state index is 13.6. The fourth-order valence-electron chi connectivity index (χ4n) is 6.85. The summed E-state index contributed by atoms with van der Waals surface area (Å²) in [6.45, 7) is 9.66. The Kier molecular flexibility index (Phi) is 13.4. The Balaban J connectivity index is 1.26. The number of aliphatic imine (C=N–C) groups is 1. The number of aryl methyl sites for hydroxylation is 1. The molecule has 5 N–H and O–H groups in total. The van der Waals surface area contributed by atoms with Gasteiger partial charge in [-0.15, -0.1) is 0 Å². The fourth-order valence-corrected chi connectivity index (χ4v) is 6.85. The van der Waals surface area contributed by atoms with Gasteiger partial charge in [-0.05, 0) is 66.1 Å². The number of unbranched alkanes of at least 4 members (excludes halogenated alkanes) is 1. The van der Waals surface area contributed by atoms with E-state index in [9.17, 15) is 14.4 Å². The van der Waals surface area contributed by atoms with Crippen LogP contribution < -0.4 is 21.3 Å². The number of aromatic amines is 1. The molecular formula is C41H52N8O4. The number of alkyl carbamates (subject to hydrolysis) is 1. The summed E-state index contributed by atoms with van der Waals surface area (Å²) in [6.07, 6.45) is 5.46. The second kappa shape index (κ2) is 18.3. The number of hydrogen-bond acceptors (Lipinski definition) is 7. The van der Waals surface area contributed by atoms with Gasteiger partial charge in [-0.2, -0.15) is 0 Å². The lowest BCUT2D eigenvalue weighted by atomic mass is 9.94. The van der Waals surface area contributed by atoms with Crippen molar-refractivity contribution in [1.82, 2.24) is 36.1 Å². The summed E-state index contributed by atoms with van der Waals surface area (Å²) in [6, 6.07) is 20.0. The molecular weight excluding hydrogens is 669 g/mol. The number of hydrogen-bond donors (Lipinski definition) is 5. The second-order valence-corrected chi connectivity index (χ2v) is 13.6. The van der Waals surface area contributed by atoms with Crippen molar-refractivity contribution in [2.45, 2.75) is 58.0 Å². The van der Waals surface area contributed by atoms with E-state index in [1.165, 1.54) is 7.11 Å². The van der Waals surface area contributed by atoms with Crippen molar-refractivity contribution in [1.29, 1.82) is 0 Å². The van der Waals surface area contributed by atoms with E-state index in [4.69, 9.17) is 4.74 Å². The van der Waals surface area contributed by atoms with Crippen LogP contribution in [0.1, 0.15) is 50.9 Å². The van der Waals surface area contributed by atoms with Crippen molar-refractivity contribution in [3.8, 4) is 22.4 Å². The van der Waals surface area contributed by atoms with Gasteiger partial charge >= 0.3 is 6.09 Å². The van der Waals surface area contributed by atoms with Gasteiger partial charge in [0.05, 0.1) is 31.6 Å². The number of likely N-dealkylation sites (N-methyl/N-ethyl adjacent to an activating group) is 1. The minimum atomic E-state index is -0.704. The third-order valence-corrected chi connectivity index (χ3v) is 9.65. The van der Waals surface area contributed by atoms with Crippen LogP contribution >= 0.6 is 0 Å². The predicted octanol–water partition coefficient (Wildman–Crippen LogP) is 5.52. The molecule has 1 aliphatic rings. The number of likely N-dealkylation sites (tertiary alicyclic amines) is 1.